The maximum Gasteiger partial charge on any atom is 0.135 e. The monoisotopic (exact) mass is 251 g/mol. The molecule has 1 aromatic carbocycles. The molecule has 0 amide bonds. The molecule has 2 rings (SSSR count). The topological polar surface area (TPSA) is 37.8 Å². The summed E-state index contributed by atoms with van der Waals surface area (Å²) in [7, 11) is 0. The van der Waals surface area contributed by atoms with Gasteiger partial charge in [-0.25, -0.2) is 14.4 Å². The molecular formula is C12H11ClFN3. The first-order valence-corrected chi connectivity index (χ1v) is 5.61. The molecule has 1 heterocycles. The molecule has 0 aliphatic rings. The molecule has 0 atom stereocenters. The van der Waals surface area contributed by atoms with Gasteiger partial charge in [-0.05, 0) is 24.3 Å². The Morgan fingerprint density at radius 3 is 2.59 bits per heavy atom. The normalized spacial score (nSPS) is 10.3. The number of aryl methyl sites for hydroxylation is 1. The summed E-state index contributed by atoms with van der Waals surface area (Å²) in [6.45, 7) is 1.95. The van der Waals surface area contributed by atoms with Crippen molar-refractivity contribution in [3.63, 3.8) is 0 Å². The lowest BCUT2D eigenvalue weighted by molar-refractivity contribution is 0.628. The number of halogens is 2. The fraction of sp³-hybridized carbons (Fsp3) is 0.167. The smallest absolute Gasteiger partial charge is 0.135 e. The van der Waals surface area contributed by atoms with E-state index in [1.165, 1.54) is 12.1 Å². The molecule has 0 saturated carbocycles. The first kappa shape index (κ1) is 11.8. The van der Waals surface area contributed by atoms with E-state index >= 15 is 0 Å². The van der Waals surface area contributed by atoms with E-state index in [1.54, 1.807) is 18.2 Å². The first-order valence-electron chi connectivity index (χ1n) is 5.23. The summed E-state index contributed by atoms with van der Waals surface area (Å²) >= 11 is 5.87. The highest BCUT2D eigenvalue weighted by atomic mass is 35.5. The van der Waals surface area contributed by atoms with Crippen LogP contribution in [0.4, 0.5) is 15.9 Å². The van der Waals surface area contributed by atoms with Crippen LogP contribution in [0.1, 0.15) is 12.7 Å². The fourth-order valence-corrected chi connectivity index (χ4v) is 1.57. The molecule has 2 aromatic rings. The van der Waals surface area contributed by atoms with E-state index in [-0.39, 0.29) is 5.82 Å². The van der Waals surface area contributed by atoms with E-state index in [4.69, 9.17) is 11.6 Å². The molecule has 17 heavy (non-hydrogen) atoms. The quantitative estimate of drug-likeness (QED) is 0.848. The van der Waals surface area contributed by atoms with E-state index in [0.29, 0.717) is 23.2 Å². The van der Waals surface area contributed by atoms with Crippen molar-refractivity contribution < 1.29 is 4.39 Å². The Morgan fingerprint density at radius 1 is 1.24 bits per heavy atom. The molecule has 0 radical (unpaired) electrons. The van der Waals surface area contributed by atoms with Crippen molar-refractivity contribution in [1.29, 1.82) is 0 Å². The lowest BCUT2D eigenvalue weighted by atomic mass is 10.3. The molecule has 3 nitrogen and oxygen atoms in total. The molecule has 1 N–H and O–H groups in total. The summed E-state index contributed by atoms with van der Waals surface area (Å²) in [6.07, 6.45) is 0.707. The number of nitrogens with one attached hydrogen (secondary N) is 1. The largest absolute Gasteiger partial charge is 0.340 e. The van der Waals surface area contributed by atoms with Crippen LogP contribution in [0.2, 0.25) is 5.15 Å². The van der Waals surface area contributed by atoms with Crippen molar-refractivity contribution >= 4 is 23.1 Å². The van der Waals surface area contributed by atoms with Gasteiger partial charge in [-0.1, -0.05) is 18.5 Å². The van der Waals surface area contributed by atoms with Crippen LogP contribution in [-0.4, -0.2) is 9.97 Å². The number of rotatable bonds is 3. The molecule has 0 unspecified atom stereocenters. The van der Waals surface area contributed by atoms with Crippen molar-refractivity contribution in [3.8, 4) is 0 Å². The van der Waals surface area contributed by atoms with Gasteiger partial charge in [0.05, 0.1) is 0 Å². The Morgan fingerprint density at radius 2 is 1.94 bits per heavy atom. The molecule has 0 saturated heterocycles. The zero-order valence-corrected chi connectivity index (χ0v) is 10.0. The third-order valence-corrected chi connectivity index (χ3v) is 2.37. The van der Waals surface area contributed by atoms with Gasteiger partial charge in [0.1, 0.15) is 22.6 Å². The van der Waals surface area contributed by atoms with Crippen molar-refractivity contribution in [1.82, 2.24) is 9.97 Å². The number of hydrogen-bond donors (Lipinski definition) is 1. The molecule has 0 fully saturated rings. The zero-order valence-electron chi connectivity index (χ0n) is 9.24. The van der Waals surface area contributed by atoms with Gasteiger partial charge in [0.15, 0.2) is 0 Å². The minimum Gasteiger partial charge on any atom is -0.340 e. The van der Waals surface area contributed by atoms with Crippen LogP contribution in [0.5, 0.6) is 0 Å². The minimum absolute atomic E-state index is 0.273. The highest BCUT2D eigenvalue weighted by Gasteiger charge is 2.02. The zero-order chi connectivity index (χ0) is 12.3. The number of benzene rings is 1. The number of hydrogen-bond acceptors (Lipinski definition) is 3. The van der Waals surface area contributed by atoms with E-state index in [1.807, 2.05) is 6.92 Å². The van der Waals surface area contributed by atoms with Crippen LogP contribution in [0, 0.1) is 5.82 Å². The van der Waals surface area contributed by atoms with Crippen molar-refractivity contribution in [2.75, 3.05) is 5.32 Å². The molecule has 88 valence electrons. The van der Waals surface area contributed by atoms with Gasteiger partial charge in [-0.3, -0.25) is 0 Å². The van der Waals surface area contributed by atoms with E-state index in [9.17, 15) is 4.39 Å². The Kier molecular flexibility index (Phi) is 3.54. The van der Waals surface area contributed by atoms with Gasteiger partial charge in [-0.15, -0.1) is 0 Å². The van der Waals surface area contributed by atoms with Gasteiger partial charge in [0.25, 0.3) is 0 Å². The Hall–Kier alpha value is -1.68. The molecule has 0 bridgehead atoms. The molecule has 0 spiro atoms. The molecule has 5 heteroatoms. The summed E-state index contributed by atoms with van der Waals surface area (Å²) in [4.78, 5) is 8.33. The second-order valence-electron chi connectivity index (χ2n) is 3.48. The number of nitrogens with zero attached hydrogens (tertiary/aromatic N) is 2. The summed E-state index contributed by atoms with van der Waals surface area (Å²) in [5.74, 6) is 1.00. The average molecular weight is 252 g/mol. The molecule has 0 aliphatic heterocycles. The van der Waals surface area contributed by atoms with Crippen LogP contribution in [0.15, 0.2) is 30.3 Å². The summed E-state index contributed by atoms with van der Waals surface area (Å²) < 4.78 is 12.7. The lowest BCUT2D eigenvalue weighted by Gasteiger charge is -2.07. The standard InChI is InChI=1S/C12H11ClFN3/c1-2-11-16-10(13)7-12(17-11)15-9-5-3-8(14)4-6-9/h3-7H,2H2,1H3,(H,15,16,17). The second kappa shape index (κ2) is 5.10. The molecular weight excluding hydrogens is 241 g/mol. The van der Waals surface area contributed by atoms with Crippen molar-refractivity contribution in [3.05, 3.63) is 47.1 Å². The Labute approximate surface area is 104 Å². The minimum atomic E-state index is -0.273. The van der Waals surface area contributed by atoms with Gasteiger partial charge in [-0.2, -0.15) is 0 Å². The van der Waals surface area contributed by atoms with E-state index in [0.717, 1.165) is 5.69 Å². The highest BCUT2D eigenvalue weighted by Crippen LogP contribution is 2.17. The van der Waals surface area contributed by atoms with Crippen LogP contribution < -0.4 is 5.32 Å². The van der Waals surface area contributed by atoms with Crippen LogP contribution in [-0.2, 0) is 6.42 Å². The highest BCUT2D eigenvalue weighted by molar-refractivity contribution is 6.29. The predicted octanol–water partition coefficient (Wildman–Crippen LogP) is 3.58. The van der Waals surface area contributed by atoms with Crippen molar-refractivity contribution in [2.45, 2.75) is 13.3 Å². The third-order valence-electron chi connectivity index (χ3n) is 2.17. The van der Waals surface area contributed by atoms with Gasteiger partial charge in [0, 0.05) is 18.2 Å². The van der Waals surface area contributed by atoms with Crippen molar-refractivity contribution in [2.24, 2.45) is 0 Å². The molecule has 0 aliphatic carbocycles. The van der Waals surface area contributed by atoms with Gasteiger partial charge < -0.3 is 5.32 Å². The predicted molar refractivity (Wildman–Crippen MR) is 66.1 cm³/mol. The van der Waals surface area contributed by atoms with Crippen LogP contribution in [0.25, 0.3) is 0 Å². The third kappa shape index (κ3) is 3.14. The Balaban J connectivity index is 2.23. The SMILES string of the molecule is CCc1nc(Cl)cc(Nc2ccc(F)cc2)n1. The summed E-state index contributed by atoms with van der Waals surface area (Å²) in [5.41, 5.74) is 0.753. The van der Waals surface area contributed by atoms with E-state index < -0.39 is 0 Å². The fourth-order valence-electron chi connectivity index (χ4n) is 1.37. The maximum absolute atomic E-state index is 12.7. The molecule has 1 aromatic heterocycles. The Bertz CT molecular complexity index is 514. The average Bonchev–Trinajstić information content (AvgIpc) is 2.31. The number of anilines is 2. The summed E-state index contributed by atoms with van der Waals surface area (Å²) in [6, 6.07) is 7.66. The lowest BCUT2D eigenvalue weighted by Crippen LogP contribution is -1.99. The number of aromatic nitrogens is 2. The van der Waals surface area contributed by atoms with Crippen LogP contribution in [0.3, 0.4) is 0 Å². The van der Waals surface area contributed by atoms with Gasteiger partial charge in [0.2, 0.25) is 0 Å². The summed E-state index contributed by atoms with van der Waals surface area (Å²) in [5, 5.41) is 3.43. The van der Waals surface area contributed by atoms with E-state index in [2.05, 4.69) is 15.3 Å². The maximum atomic E-state index is 12.7. The van der Waals surface area contributed by atoms with Gasteiger partial charge >= 0.3 is 0 Å². The van der Waals surface area contributed by atoms with Crippen LogP contribution >= 0.6 is 11.6 Å². The first-order chi connectivity index (χ1) is 8.17. The second-order valence-corrected chi connectivity index (χ2v) is 3.86.